The molecule has 0 saturated carbocycles. The van der Waals surface area contributed by atoms with Crippen LogP contribution in [0.25, 0.3) is 0 Å². The summed E-state index contributed by atoms with van der Waals surface area (Å²) in [5.74, 6) is 0.536. The number of halogens is 2. The molecule has 3 rings (SSSR count). The molecular weight excluding hydrogens is 532 g/mol. The maximum atomic E-state index is 13.5. The van der Waals surface area contributed by atoms with Gasteiger partial charge in [-0.05, 0) is 42.4 Å². The summed E-state index contributed by atoms with van der Waals surface area (Å²) in [7, 11) is 3.91. The first-order valence-corrected chi connectivity index (χ1v) is 11.4. The van der Waals surface area contributed by atoms with E-state index in [1.165, 1.54) is 23.3 Å². The van der Waals surface area contributed by atoms with E-state index in [9.17, 15) is 4.39 Å². The standard InChI is InChI=1S/C25H36FN5O.HI/c1-4-30(3)19-21-7-5-6-20(16-21)17-28-25(27-2)29-18-24(31-12-14-32-15-13-31)22-8-10-23(26)11-9-22;/h5-11,16,24H,4,12-15,17-19H2,1-3H3,(H2,27,28,29);1H. The number of aliphatic imine (C=N–C) groups is 1. The van der Waals surface area contributed by atoms with E-state index in [1.807, 2.05) is 12.1 Å². The minimum absolute atomic E-state index is 0. The number of guanidine groups is 1. The molecule has 0 radical (unpaired) electrons. The Balaban J connectivity index is 0.00000385. The van der Waals surface area contributed by atoms with Crippen molar-refractivity contribution in [1.82, 2.24) is 20.4 Å². The van der Waals surface area contributed by atoms with Crippen LogP contribution in [0.2, 0.25) is 0 Å². The number of ether oxygens (including phenoxy) is 1. The monoisotopic (exact) mass is 569 g/mol. The van der Waals surface area contributed by atoms with Crippen LogP contribution >= 0.6 is 24.0 Å². The minimum atomic E-state index is -0.215. The highest BCUT2D eigenvalue weighted by atomic mass is 127. The lowest BCUT2D eigenvalue weighted by Crippen LogP contribution is -2.46. The molecule has 2 aromatic carbocycles. The smallest absolute Gasteiger partial charge is 0.191 e. The zero-order valence-electron chi connectivity index (χ0n) is 19.9. The van der Waals surface area contributed by atoms with Gasteiger partial charge >= 0.3 is 0 Å². The third kappa shape index (κ3) is 8.84. The molecule has 0 amide bonds. The Morgan fingerprint density at radius 3 is 2.48 bits per heavy atom. The van der Waals surface area contributed by atoms with Crippen LogP contribution in [0, 0.1) is 5.82 Å². The Morgan fingerprint density at radius 1 is 1.12 bits per heavy atom. The fourth-order valence-corrected chi connectivity index (χ4v) is 3.89. The van der Waals surface area contributed by atoms with Crippen molar-refractivity contribution in [3.05, 3.63) is 71.0 Å². The molecular formula is C25H37FIN5O. The van der Waals surface area contributed by atoms with E-state index in [4.69, 9.17) is 4.74 Å². The van der Waals surface area contributed by atoms with Gasteiger partial charge in [-0.2, -0.15) is 0 Å². The van der Waals surface area contributed by atoms with Crippen LogP contribution in [-0.4, -0.2) is 69.2 Å². The highest BCUT2D eigenvalue weighted by Gasteiger charge is 2.23. The van der Waals surface area contributed by atoms with E-state index < -0.39 is 0 Å². The van der Waals surface area contributed by atoms with E-state index >= 15 is 0 Å². The van der Waals surface area contributed by atoms with Crippen LogP contribution < -0.4 is 10.6 Å². The lowest BCUT2D eigenvalue weighted by molar-refractivity contribution is 0.0170. The number of rotatable bonds is 9. The van der Waals surface area contributed by atoms with Crippen molar-refractivity contribution in [2.75, 3.05) is 53.5 Å². The van der Waals surface area contributed by atoms with Gasteiger partial charge in [0.05, 0.1) is 19.3 Å². The predicted octanol–water partition coefficient (Wildman–Crippen LogP) is 3.63. The van der Waals surface area contributed by atoms with E-state index in [-0.39, 0.29) is 35.8 Å². The molecule has 1 atom stereocenters. The third-order valence-electron chi connectivity index (χ3n) is 5.87. The Bertz CT molecular complexity index is 858. The number of hydrogen-bond donors (Lipinski definition) is 2. The van der Waals surface area contributed by atoms with E-state index in [1.54, 1.807) is 7.05 Å². The highest BCUT2D eigenvalue weighted by molar-refractivity contribution is 14.0. The molecule has 1 aliphatic rings. The van der Waals surface area contributed by atoms with Gasteiger partial charge in [0.2, 0.25) is 0 Å². The first-order valence-electron chi connectivity index (χ1n) is 11.4. The second kappa shape index (κ2) is 14.5. The molecule has 6 nitrogen and oxygen atoms in total. The van der Waals surface area contributed by atoms with E-state index in [0.717, 1.165) is 37.7 Å². The third-order valence-corrected chi connectivity index (χ3v) is 5.87. The fourth-order valence-electron chi connectivity index (χ4n) is 3.89. The summed E-state index contributed by atoms with van der Waals surface area (Å²) in [6.45, 7) is 8.64. The summed E-state index contributed by atoms with van der Waals surface area (Å²) in [5.41, 5.74) is 3.61. The lowest BCUT2D eigenvalue weighted by Gasteiger charge is -2.35. The molecule has 182 valence electrons. The molecule has 2 N–H and O–H groups in total. The van der Waals surface area contributed by atoms with Crippen molar-refractivity contribution in [2.24, 2.45) is 4.99 Å². The van der Waals surface area contributed by atoms with Gasteiger partial charge in [0.1, 0.15) is 5.82 Å². The Morgan fingerprint density at radius 2 is 1.82 bits per heavy atom. The number of hydrogen-bond acceptors (Lipinski definition) is 4. The van der Waals surface area contributed by atoms with Crippen LogP contribution in [-0.2, 0) is 17.8 Å². The minimum Gasteiger partial charge on any atom is -0.379 e. The fraction of sp³-hybridized carbons (Fsp3) is 0.480. The molecule has 0 spiro atoms. The van der Waals surface area contributed by atoms with Crippen molar-refractivity contribution >= 4 is 29.9 Å². The highest BCUT2D eigenvalue weighted by Crippen LogP contribution is 2.21. The second-order valence-electron chi connectivity index (χ2n) is 8.17. The first-order chi connectivity index (χ1) is 15.6. The Hall–Kier alpha value is -1.75. The molecule has 2 aromatic rings. The molecule has 1 heterocycles. The van der Waals surface area contributed by atoms with Crippen molar-refractivity contribution in [3.63, 3.8) is 0 Å². The molecule has 0 aromatic heterocycles. The van der Waals surface area contributed by atoms with Gasteiger partial charge in [-0.15, -0.1) is 24.0 Å². The van der Waals surface area contributed by atoms with Gasteiger partial charge in [0.15, 0.2) is 5.96 Å². The normalized spacial score (nSPS) is 15.7. The number of morpholine rings is 1. The van der Waals surface area contributed by atoms with Gasteiger partial charge in [-0.25, -0.2) is 4.39 Å². The zero-order chi connectivity index (χ0) is 22.8. The summed E-state index contributed by atoms with van der Waals surface area (Å²) >= 11 is 0. The van der Waals surface area contributed by atoms with Crippen LogP contribution in [0.4, 0.5) is 4.39 Å². The maximum Gasteiger partial charge on any atom is 0.191 e. The van der Waals surface area contributed by atoms with Crippen LogP contribution in [0.1, 0.15) is 29.7 Å². The summed E-state index contributed by atoms with van der Waals surface area (Å²) < 4.78 is 19.0. The molecule has 0 aliphatic carbocycles. The predicted molar refractivity (Wildman–Crippen MR) is 144 cm³/mol. The van der Waals surface area contributed by atoms with Crippen LogP contribution in [0.15, 0.2) is 53.5 Å². The number of nitrogens with one attached hydrogen (secondary N) is 2. The average molecular weight is 570 g/mol. The van der Waals surface area contributed by atoms with Crippen molar-refractivity contribution < 1.29 is 9.13 Å². The maximum absolute atomic E-state index is 13.5. The molecule has 8 heteroatoms. The first kappa shape index (κ1) is 27.5. The van der Waals surface area contributed by atoms with Crippen molar-refractivity contribution in [3.8, 4) is 0 Å². The SMILES string of the molecule is CCN(C)Cc1cccc(CNC(=NC)NCC(c2ccc(F)cc2)N2CCOCC2)c1.I. The van der Waals surface area contributed by atoms with Gasteiger partial charge in [0, 0.05) is 39.8 Å². The van der Waals surface area contributed by atoms with Crippen LogP contribution in [0.5, 0.6) is 0 Å². The largest absolute Gasteiger partial charge is 0.379 e. The van der Waals surface area contributed by atoms with Crippen molar-refractivity contribution in [1.29, 1.82) is 0 Å². The van der Waals surface area contributed by atoms with Crippen molar-refractivity contribution in [2.45, 2.75) is 26.1 Å². The number of nitrogens with zero attached hydrogens (tertiary/aromatic N) is 3. The van der Waals surface area contributed by atoms with Gasteiger partial charge in [-0.1, -0.05) is 43.3 Å². The average Bonchev–Trinajstić information content (AvgIpc) is 2.83. The Kier molecular flexibility index (Phi) is 12.1. The summed E-state index contributed by atoms with van der Waals surface area (Å²) in [6, 6.07) is 15.5. The molecule has 1 saturated heterocycles. The van der Waals surface area contributed by atoms with Gasteiger partial charge in [0.25, 0.3) is 0 Å². The summed E-state index contributed by atoms with van der Waals surface area (Å²) in [4.78, 5) is 9.06. The van der Waals surface area contributed by atoms with E-state index in [2.05, 4.69) is 63.7 Å². The van der Waals surface area contributed by atoms with Gasteiger partial charge < -0.3 is 20.3 Å². The topological polar surface area (TPSA) is 52.1 Å². The van der Waals surface area contributed by atoms with Crippen LogP contribution in [0.3, 0.4) is 0 Å². The molecule has 33 heavy (non-hydrogen) atoms. The van der Waals surface area contributed by atoms with Gasteiger partial charge in [-0.3, -0.25) is 9.89 Å². The summed E-state index contributed by atoms with van der Waals surface area (Å²) in [6.07, 6.45) is 0. The second-order valence-corrected chi connectivity index (χ2v) is 8.17. The zero-order valence-corrected chi connectivity index (χ0v) is 22.2. The number of benzene rings is 2. The van der Waals surface area contributed by atoms with E-state index in [0.29, 0.717) is 26.3 Å². The molecule has 1 aliphatic heterocycles. The Labute approximate surface area is 214 Å². The molecule has 1 unspecified atom stereocenters. The summed E-state index contributed by atoms with van der Waals surface area (Å²) in [5, 5.41) is 6.88. The molecule has 0 bridgehead atoms. The molecule has 1 fully saturated rings. The lowest BCUT2D eigenvalue weighted by atomic mass is 10.0. The quantitative estimate of drug-likeness (QED) is 0.275.